The Morgan fingerprint density at radius 2 is 1.73 bits per heavy atom. The Balaban J connectivity index is 1.31. The zero-order valence-electron chi connectivity index (χ0n) is 26.5. The number of fused-ring (bicyclic) bond motifs is 1. The number of hydrogen-bond donors (Lipinski definition) is 3. The minimum absolute atomic E-state index is 0.0365. The molecule has 1 aliphatic rings. The zero-order valence-corrected chi connectivity index (χ0v) is 28.1. The standard InChI is InChI=1S/C36H35Cl2N5O5/c1-36(35(46)47)13-5-15-42(36)21-24-20-40-30-18-22(12-16-43(30)34(24)45)25-6-3-7-26(31(25)37)27-8-4-9-28(32(27)38)29-11-10-23(19-39-14-17-44)33(41-29)48-2/h3-4,6-12,16,18,20,39,44H,5,13-15,17,19,21H2,1-2H3,(H,46,47). The van der Waals surface area contributed by atoms with Crippen molar-refractivity contribution in [3.63, 3.8) is 0 Å². The van der Waals surface area contributed by atoms with Gasteiger partial charge in [-0.05, 0) is 50.1 Å². The number of methoxy groups -OCH3 is 1. The molecule has 1 aliphatic heterocycles. The summed E-state index contributed by atoms with van der Waals surface area (Å²) in [6.45, 7) is 3.51. The maximum absolute atomic E-state index is 13.4. The molecule has 0 saturated carbocycles. The van der Waals surface area contributed by atoms with E-state index in [0.29, 0.717) is 64.4 Å². The fourth-order valence-electron chi connectivity index (χ4n) is 6.24. The Labute approximate surface area is 287 Å². The summed E-state index contributed by atoms with van der Waals surface area (Å²) in [5, 5.41) is 23.0. The number of aliphatic hydroxyl groups excluding tert-OH is 1. The predicted octanol–water partition coefficient (Wildman–Crippen LogP) is 5.93. The molecule has 1 atom stereocenters. The Morgan fingerprint density at radius 3 is 2.44 bits per heavy atom. The Kier molecular flexibility index (Phi) is 9.82. The van der Waals surface area contributed by atoms with Gasteiger partial charge in [0, 0.05) is 59.8 Å². The van der Waals surface area contributed by atoms with Crippen molar-refractivity contribution in [3.8, 4) is 39.4 Å². The number of hydrogen-bond acceptors (Lipinski definition) is 8. The molecule has 12 heteroatoms. The van der Waals surface area contributed by atoms with Gasteiger partial charge in [-0.15, -0.1) is 0 Å². The summed E-state index contributed by atoms with van der Waals surface area (Å²) in [5.41, 5.74) is 4.80. The number of pyridine rings is 2. The molecule has 6 rings (SSSR count). The second-order valence-corrected chi connectivity index (χ2v) is 12.7. The number of carbonyl (C=O) groups is 1. The summed E-state index contributed by atoms with van der Waals surface area (Å²) in [6.07, 6.45) is 4.50. The first kappa shape index (κ1) is 33.6. The van der Waals surface area contributed by atoms with Crippen LogP contribution in [-0.2, 0) is 17.9 Å². The highest BCUT2D eigenvalue weighted by Crippen LogP contribution is 2.42. The van der Waals surface area contributed by atoms with Gasteiger partial charge in [0.05, 0.1) is 35.0 Å². The van der Waals surface area contributed by atoms with E-state index >= 15 is 0 Å². The second-order valence-electron chi connectivity index (χ2n) is 11.9. The van der Waals surface area contributed by atoms with Crippen molar-refractivity contribution in [2.24, 2.45) is 0 Å². The lowest BCUT2D eigenvalue weighted by Crippen LogP contribution is -2.48. The van der Waals surface area contributed by atoms with E-state index in [0.717, 1.165) is 34.2 Å². The number of carboxylic acid groups (broad SMARTS) is 1. The topological polar surface area (TPSA) is 129 Å². The summed E-state index contributed by atoms with van der Waals surface area (Å²) in [5.74, 6) is -0.425. The fraction of sp³-hybridized carbons (Fsp3) is 0.278. The van der Waals surface area contributed by atoms with Gasteiger partial charge >= 0.3 is 5.97 Å². The molecule has 5 aromatic rings. The number of aromatic nitrogens is 3. The predicted molar refractivity (Wildman–Crippen MR) is 187 cm³/mol. The SMILES string of the molecule is COc1nc(-c2cccc(-c3cccc(-c4ccn5c(=O)c(CN6CCCC6(C)C(=O)O)cnc5c4)c3Cl)c2Cl)ccc1CNCCO. The van der Waals surface area contributed by atoms with Crippen LogP contribution in [0.1, 0.15) is 30.9 Å². The van der Waals surface area contributed by atoms with E-state index in [4.69, 9.17) is 38.0 Å². The third-order valence-corrected chi connectivity index (χ3v) is 9.82. The van der Waals surface area contributed by atoms with Gasteiger partial charge in [0.25, 0.3) is 5.56 Å². The minimum Gasteiger partial charge on any atom is -0.481 e. The van der Waals surface area contributed by atoms with E-state index in [2.05, 4.69) is 10.3 Å². The van der Waals surface area contributed by atoms with Gasteiger partial charge in [0.15, 0.2) is 0 Å². The molecule has 1 fully saturated rings. The summed E-state index contributed by atoms with van der Waals surface area (Å²) in [6, 6.07) is 18.8. The molecule has 3 N–H and O–H groups in total. The van der Waals surface area contributed by atoms with Crippen LogP contribution in [0.3, 0.4) is 0 Å². The Hall–Kier alpha value is -4.32. The van der Waals surface area contributed by atoms with Crippen molar-refractivity contribution in [2.45, 2.75) is 38.4 Å². The third kappa shape index (κ3) is 6.29. The van der Waals surface area contributed by atoms with Gasteiger partial charge < -0.3 is 20.3 Å². The molecule has 248 valence electrons. The average Bonchev–Trinajstić information content (AvgIpc) is 3.47. The van der Waals surface area contributed by atoms with Gasteiger partial charge in [0.2, 0.25) is 5.88 Å². The lowest BCUT2D eigenvalue weighted by Gasteiger charge is -2.30. The maximum Gasteiger partial charge on any atom is 0.323 e. The van der Waals surface area contributed by atoms with Crippen LogP contribution in [0, 0.1) is 0 Å². The average molecular weight is 689 g/mol. The first-order chi connectivity index (χ1) is 23.2. The van der Waals surface area contributed by atoms with Crippen LogP contribution < -0.4 is 15.6 Å². The molecule has 0 bridgehead atoms. The molecule has 48 heavy (non-hydrogen) atoms. The van der Waals surface area contributed by atoms with Crippen molar-refractivity contribution in [3.05, 3.63) is 105 Å². The smallest absolute Gasteiger partial charge is 0.323 e. The highest BCUT2D eigenvalue weighted by atomic mass is 35.5. The highest BCUT2D eigenvalue weighted by molar-refractivity contribution is 6.39. The van der Waals surface area contributed by atoms with E-state index in [9.17, 15) is 14.7 Å². The molecule has 0 spiro atoms. The monoisotopic (exact) mass is 687 g/mol. The summed E-state index contributed by atoms with van der Waals surface area (Å²) in [4.78, 5) is 36.5. The van der Waals surface area contributed by atoms with Gasteiger partial charge in [-0.2, -0.15) is 0 Å². The lowest BCUT2D eigenvalue weighted by atomic mass is 9.97. The van der Waals surface area contributed by atoms with Crippen LogP contribution in [-0.4, -0.2) is 67.8 Å². The summed E-state index contributed by atoms with van der Waals surface area (Å²) >= 11 is 14.1. The number of rotatable bonds is 11. The second kappa shape index (κ2) is 14.0. The van der Waals surface area contributed by atoms with Crippen molar-refractivity contribution >= 4 is 34.8 Å². The number of benzene rings is 2. The summed E-state index contributed by atoms with van der Waals surface area (Å²) < 4.78 is 7.01. The molecule has 2 aromatic carbocycles. The van der Waals surface area contributed by atoms with E-state index in [1.165, 1.54) is 10.6 Å². The number of likely N-dealkylation sites (tertiary alicyclic amines) is 1. The molecule has 0 aliphatic carbocycles. The van der Waals surface area contributed by atoms with E-state index in [1.807, 2.05) is 59.5 Å². The Morgan fingerprint density at radius 1 is 1.02 bits per heavy atom. The fourth-order valence-corrected chi connectivity index (χ4v) is 6.90. The van der Waals surface area contributed by atoms with E-state index in [1.54, 1.807) is 26.3 Å². The molecular formula is C36H35Cl2N5O5. The molecule has 1 unspecified atom stereocenters. The van der Waals surface area contributed by atoms with Crippen LogP contribution in [0.25, 0.3) is 39.2 Å². The molecule has 3 aromatic heterocycles. The van der Waals surface area contributed by atoms with E-state index < -0.39 is 11.5 Å². The first-order valence-corrected chi connectivity index (χ1v) is 16.3. The van der Waals surface area contributed by atoms with Gasteiger partial charge in [-0.25, -0.2) is 9.97 Å². The van der Waals surface area contributed by atoms with Crippen LogP contribution in [0.5, 0.6) is 5.88 Å². The van der Waals surface area contributed by atoms with Crippen molar-refractivity contribution < 1.29 is 19.7 Å². The van der Waals surface area contributed by atoms with Gasteiger partial charge in [0.1, 0.15) is 11.2 Å². The Bertz CT molecular complexity index is 2070. The van der Waals surface area contributed by atoms with Crippen LogP contribution in [0.2, 0.25) is 10.0 Å². The number of aliphatic hydroxyl groups is 1. The minimum atomic E-state index is -1.01. The quantitative estimate of drug-likeness (QED) is 0.145. The molecular weight excluding hydrogens is 653 g/mol. The highest BCUT2D eigenvalue weighted by Gasteiger charge is 2.43. The maximum atomic E-state index is 13.4. The number of nitrogens with one attached hydrogen (secondary N) is 1. The number of carboxylic acids is 1. The number of ether oxygens (including phenoxy) is 1. The molecule has 4 heterocycles. The summed E-state index contributed by atoms with van der Waals surface area (Å²) in [7, 11) is 1.56. The van der Waals surface area contributed by atoms with Crippen LogP contribution in [0.15, 0.2) is 77.9 Å². The largest absolute Gasteiger partial charge is 0.481 e. The van der Waals surface area contributed by atoms with Crippen molar-refractivity contribution in [2.75, 3.05) is 26.8 Å². The normalized spacial score (nSPS) is 16.4. The van der Waals surface area contributed by atoms with Crippen molar-refractivity contribution in [1.82, 2.24) is 24.6 Å². The molecule has 10 nitrogen and oxygen atoms in total. The molecule has 0 radical (unpaired) electrons. The first-order valence-electron chi connectivity index (χ1n) is 15.6. The zero-order chi connectivity index (χ0) is 34.0. The van der Waals surface area contributed by atoms with Gasteiger partial charge in [-0.3, -0.25) is 18.9 Å². The number of aliphatic carboxylic acids is 1. The van der Waals surface area contributed by atoms with Crippen LogP contribution >= 0.6 is 23.2 Å². The lowest BCUT2D eigenvalue weighted by molar-refractivity contribution is -0.148. The van der Waals surface area contributed by atoms with Crippen LogP contribution in [0.4, 0.5) is 0 Å². The molecule has 1 saturated heterocycles. The van der Waals surface area contributed by atoms with Crippen molar-refractivity contribution in [1.29, 1.82) is 0 Å². The van der Waals surface area contributed by atoms with E-state index in [-0.39, 0.29) is 18.7 Å². The number of nitrogens with zero attached hydrogens (tertiary/aromatic N) is 4. The third-order valence-electron chi connectivity index (χ3n) is 9.00. The van der Waals surface area contributed by atoms with Gasteiger partial charge in [-0.1, -0.05) is 65.7 Å². The number of halogens is 2. The molecule has 0 amide bonds.